The Morgan fingerprint density at radius 3 is 1.73 bits per heavy atom. The summed E-state index contributed by atoms with van der Waals surface area (Å²) >= 11 is 0. The fourth-order valence-electron chi connectivity index (χ4n) is 4.03. The van der Waals surface area contributed by atoms with Gasteiger partial charge in [-0.3, -0.25) is 0 Å². The molecule has 1 atom stereocenters. The molecular weight excluding hydrogens is 575 g/mol. The normalized spacial score (nSPS) is 11.5. The number of rotatable bonds is 18. The van der Waals surface area contributed by atoms with Gasteiger partial charge in [-0.1, -0.05) is 86.3 Å². The van der Waals surface area contributed by atoms with Gasteiger partial charge in [-0.2, -0.15) is 13.2 Å². The molecule has 8 nitrogen and oxygen atoms in total. The van der Waals surface area contributed by atoms with Crippen molar-refractivity contribution in [2.45, 2.75) is 63.8 Å². The molecule has 0 heterocycles. The second-order valence-electron chi connectivity index (χ2n) is 9.99. The number of benzene rings is 3. The van der Waals surface area contributed by atoms with Gasteiger partial charge in [0.1, 0.15) is 18.1 Å². The topological polar surface area (TPSA) is 129 Å². The Kier molecular flexibility index (Phi) is 16.8. The third-order valence-corrected chi connectivity index (χ3v) is 6.22. The van der Waals surface area contributed by atoms with E-state index in [2.05, 4.69) is 29.3 Å². The minimum Gasteiger partial charge on any atom is -0.494 e. The first kappa shape index (κ1) is 35.9. The average Bonchev–Trinajstić information content (AvgIpc) is 3.00. The van der Waals surface area contributed by atoms with Gasteiger partial charge in [0.2, 0.25) is 0 Å². The number of nitrogens with two attached hydrogens (primary N) is 2. The summed E-state index contributed by atoms with van der Waals surface area (Å²) in [6, 6.07) is 28.2. The number of hydrogen-bond donors (Lipinski definition) is 3. The molecule has 3 aromatic carbocycles. The molecule has 0 aliphatic heterocycles. The molecule has 3 rings (SSSR count). The van der Waals surface area contributed by atoms with Gasteiger partial charge in [0, 0.05) is 6.61 Å². The molecule has 1 unspecified atom stereocenters. The minimum atomic E-state index is -5.08. The lowest BCUT2D eigenvalue weighted by Crippen LogP contribution is -2.28. The first-order chi connectivity index (χ1) is 21.1. The lowest BCUT2D eigenvalue weighted by molar-refractivity contribution is -0.192. The minimum absolute atomic E-state index is 0.0505. The maximum Gasteiger partial charge on any atom is 0.490 e. The lowest BCUT2D eigenvalue weighted by Gasteiger charge is -2.13. The van der Waals surface area contributed by atoms with E-state index in [1.807, 2.05) is 60.7 Å². The molecule has 11 heteroatoms. The van der Waals surface area contributed by atoms with Crippen LogP contribution in [0.25, 0.3) is 0 Å². The average molecular weight is 618 g/mol. The van der Waals surface area contributed by atoms with Crippen LogP contribution in [0.15, 0.2) is 89.9 Å². The number of nitrogens with zero attached hydrogens (tertiary/aromatic N) is 1. The van der Waals surface area contributed by atoms with Crippen molar-refractivity contribution in [3.8, 4) is 11.5 Å². The van der Waals surface area contributed by atoms with Crippen LogP contribution in [0.3, 0.4) is 0 Å². The SMILES string of the molecule is NC(N)=NC(COCCCCCCCCOc1ccc(OCc2ccccc2)cc1)Cc1ccccc1.O=C(O)C(F)(F)F. The third-order valence-electron chi connectivity index (χ3n) is 6.22. The first-order valence-corrected chi connectivity index (χ1v) is 14.5. The third kappa shape index (κ3) is 17.0. The monoisotopic (exact) mass is 617 g/mol. The van der Waals surface area contributed by atoms with Crippen molar-refractivity contribution in [3.05, 3.63) is 96.1 Å². The molecule has 0 aliphatic rings. The van der Waals surface area contributed by atoms with E-state index in [4.69, 9.17) is 35.6 Å². The molecule has 240 valence electrons. The summed E-state index contributed by atoms with van der Waals surface area (Å²) in [6.07, 6.45) is 2.54. The van der Waals surface area contributed by atoms with Gasteiger partial charge in [0.25, 0.3) is 0 Å². The maximum absolute atomic E-state index is 10.6. The van der Waals surface area contributed by atoms with Gasteiger partial charge in [-0.05, 0) is 54.7 Å². The zero-order valence-electron chi connectivity index (χ0n) is 24.8. The Labute approximate surface area is 256 Å². The smallest absolute Gasteiger partial charge is 0.490 e. The highest BCUT2D eigenvalue weighted by atomic mass is 19.4. The quantitative estimate of drug-likeness (QED) is 0.0842. The molecule has 0 bridgehead atoms. The van der Waals surface area contributed by atoms with Crippen LogP contribution in [0.2, 0.25) is 0 Å². The van der Waals surface area contributed by atoms with Gasteiger partial charge in [0.15, 0.2) is 5.96 Å². The van der Waals surface area contributed by atoms with Crippen LogP contribution in [0.1, 0.15) is 49.7 Å². The molecule has 0 aliphatic carbocycles. The largest absolute Gasteiger partial charge is 0.494 e. The Balaban J connectivity index is 0.000000860. The number of unbranched alkanes of at least 4 members (excludes halogenated alkanes) is 5. The summed E-state index contributed by atoms with van der Waals surface area (Å²) in [6.45, 7) is 2.57. The van der Waals surface area contributed by atoms with Crippen LogP contribution in [0, 0.1) is 0 Å². The van der Waals surface area contributed by atoms with E-state index in [-0.39, 0.29) is 12.0 Å². The number of aliphatic imine (C=N–C) groups is 1. The molecular formula is C33H42F3N3O5. The maximum atomic E-state index is 10.6. The van der Waals surface area contributed by atoms with Crippen molar-refractivity contribution < 1.29 is 37.3 Å². The Morgan fingerprint density at radius 1 is 0.727 bits per heavy atom. The number of halogens is 3. The second kappa shape index (κ2) is 20.6. The number of aliphatic carboxylic acids is 1. The number of ether oxygens (including phenoxy) is 3. The van der Waals surface area contributed by atoms with Crippen LogP contribution < -0.4 is 20.9 Å². The molecule has 0 spiro atoms. The summed E-state index contributed by atoms with van der Waals surface area (Å²) in [4.78, 5) is 13.2. The van der Waals surface area contributed by atoms with Crippen molar-refractivity contribution in [3.63, 3.8) is 0 Å². The Hall–Kier alpha value is -4.25. The molecule has 44 heavy (non-hydrogen) atoms. The molecule has 0 radical (unpaired) electrons. The van der Waals surface area contributed by atoms with Crippen LogP contribution in [-0.2, 0) is 22.6 Å². The van der Waals surface area contributed by atoms with Crippen LogP contribution >= 0.6 is 0 Å². The number of carboxylic acids is 1. The van der Waals surface area contributed by atoms with Gasteiger partial charge >= 0.3 is 12.1 Å². The number of alkyl halides is 3. The summed E-state index contributed by atoms with van der Waals surface area (Å²) < 4.78 is 49.3. The zero-order valence-corrected chi connectivity index (χ0v) is 24.8. The lowest BCUT2D eigenvalue weighted by atomic mass is 10.1. The van der Waals surface area contributed by atoms with Crippen LogP contribution in [0.4, 0.5) is 13.2 Å². The summed E-state index contributed by atoms with van der Waals surface area (Å²) in [5, 5.41) is 7.12. The van der Waals surface area contributed by atoms with Crippen molar-refractivity contribution in [2.75, 3.05) is 19.8 Å². The molecule has 5 N–H and O–H groups in total. The summed E-state index contributed by atoms with van der Waals surface area (Å²) in [5.74, 6) is -0.912. The van der Waals surface area contributed by atoms with Crippen LogP contribution in [0.5, 0.6) is 11.5 Å². The van der Waals surface area contributed by atoms with E-state index in [0.29, 0.717) is 13.2 Å². The highest BCUT2D eigenvalue weighted by molar-refractivity contribution is 5.75. The Bertz CT molecular complexity index is 1210. The van der Waals surface area contributed by atoms with E-state index < -0.39 is 12.1 Å². The van der Waals surface area contributed by atoms with Crippen molar-refractivity contribution in [2.24, 2.45) is 16.5 Å². The molecule has 0 aromatic heterocycles. The van der Waals surface area contributed by atoms with E-state index in [0.717, 1.165) is 56.0 Å². The predicted octanol–water partition coefficient (Wildman–Crippen LogP) is 6.52. The zero-order chi connectivity index (χ0) is 32.0. The predicted molar refractivity (Wildman–Crippen MR) is 165 cm³/mol. The molecule has 0 saturated heterocycles. The van der Waals surface area contributed by atoms with Gasteiger partial charge < -0.3 is 30.8 Å². The molecule has 3 aromatic rings. The van der Waals surface area contributed by atoms with Crippen molar-refractivity contribution >= 4 is 11.9 Å². The summed E-state index contributed by atoms with van der Waals surface area (Å²) in [5.41, 5.74) is 13.5. The standard InChI is InChI=1S/C31H41N3O3.C2HF3O2/c32-31(33)34-28(23-26-13-7-5-8-14-26)25-35-21-11-3-1-2-4-12-22-36-29-17-19-30(20-18-29)37-24-27-15-9-6-10-16-27;3-2(4,5)1(6)7/h5-10,13-20,28H,1-4,11-12,21-25H2,(H4,32,33,34);(H,6,7). The summed E-state index contributed by atoms with van der Waals surface area (Å²) in [7, 11) is 0. The van der Waals surface area contributed by atoms with Crippen molar-refractivity contribution in [1.29, 1.82) is 0 Å². The number of carboxylic acid groups (broad SMARTS) is 1. The van der Waals surface area contributed by atoms with Crippen molar-refractivity contribution in [1.82, 2.24) is 0 Å². The van der Waals surface area contributed by atoms with E-state index >= 15 is 0 Å². The highest BCUT2D eigenvalue weighted by Crippen LogP contribution is 2.19. The van der Waals surface area contributed by atoms with Gasteiger partial charge in [0.05, 0.1) is 19.3 Å². The number of hydrogen-bond acceptors (Lipinski definition) is 5. The molecule has 0 amide bonds. The fourth-order valence-corrected chi connectivity index (χ4v) is 4.03. The Morgan fingerprint density at radius 2 is 1.20 bits per heavy atom. The van der Waals surface area contributed by atoms with E-state index in [9.17, 15) is 13.2 Å². The number of carbonyl (C=O) groups is 1. The highest BCUT2D eigenvalue weighted by Gasteiger charge is 2.38. The van der Waals surface area contributed by atoms with E-state index in [1.54, 1.807) is 0 Å². The fraction of sp³-hybridized carbons (Fsp3) is 0.394. The van der Waals surface area contributed by atoms with Gasteiger partial charge in [-0.25, -0.2) is 9.79 Å². The van der Waals surface area contributed by atoms with Gasteiger partial charge in [-0.15, -0.1) is 0 Å². The molecule has 0 saturated carbocycles. The second-order valence-corrected chi connectivity index (χ2v) is 9.99. The van der Waals surface area contributed by atoms with E-state index in [1.165, 1.54) is 24.8 Å². The number of guanidine groups is 1. The molecule has 0 fully saturated rings. The van der Waals surface area contributed by atoms with Crippen LogP contribution in [-0.4, -0.2) is 49.1 Å². The first-order valence-electron chi connectivity index (χ1n) is 14.5.